The van der Waals surface area contributed by atoms with Crippen molar-refractivity contribution in [2.24, 2.45) is 0 Å². The van der Waals surface area contributed by atoms with E-state index in [9.17, 15) is 9.59 Å². The van der Waals surface area contributed by atoms with Gasteiger partial charge >= 0.3 is 5.97 Å². The number of esters is 1. The topological polar surface area (TPSA) is 59.5 Å². The van der Waals surface area contributed by atoms with E-state index in [1.807, 2.05) is 43.3 Å². The average Bonchev–Trinajstić information content (AvgIpc) is 3.15. The Labute approximate surface area is 168 Å². The van der Waals surface area contributed by atoms with Crippen LogP contribution in [0.4, 0.5) is 10.8 Å². The van der Waals surface area contributed by atoms with Crippen LogP contribution in [0.25, 0.3) is 0 Å². The lowest BCUT2D eigenvalue weighted by molar-refractivity contribution is -0.115. The van der Waals surface area contributed by atoms with Crippen LogP contribution >= 0.6 is 11.3 Å². The van der Waals surface area contributed by atoms with Gasteiger partial charge in [-0.15, -0.1) is 11.3 Å². The summed E-state index contributed by atoms with van der Waals surface area (Å²) in [7, 11) is 0. The summed E-state index contributed by atoms with van der Waals surface area (Å²) in [4.78, 5) is 30.4. The van der Waals surface area contributed by atoms with Gasteiger partial charge in [-0.1, -0.05) is 36.8 Å². The molecule has 2 aromatic carbocycles. The first kappa shape index (κ1) is 19.8. The molecule has 0 radical (unpaired) electrons. The van der Waals surface area contributed by atoms with Gasteiger partial charge in [0.25, 0.3) is 0 Å². The molecule has 0 N–H and O–H groups in total. The molecule has 0 aliphatic heterocycles. The number of hydrogen-bond donors (Lipinski definition) is 0. The molecular weight excluding hydrogens is 372 g/mol. The van der Waals surface area contributed by atoms with Crippen molar-refractivity contribution in [3.63, 3.8) is 0 Å². The molecule has 1 amide bonds. The molecule has 3 rings (SSSR count). The molecule has 28 heavy (non-hydrogen) atoms. The number of nitrogens with zero attached hydrogens (tertiary/aromatic N) is 2. The standard InChI is InChI=1S/C22H22N2O3S/c1-4-17-7-11-20(12-8-17)24(16(3)25)22-23-19(14-28-22)13-27-21(26)18-9-5-15(2)6-10-18/h5-12,14H,4,13H2,1-3H3. The van der Waals surface area contributed by atoms with Crippen LogP contribution in [0.15, 0.2) is 53.9 Å². The summed E-state index contributed by atoms with van der Waals surface area (Å²) in [6.45, 7) is 5.61. The number of aromatic nitrogens is 1. The Morgan fingerprint density at radius 1 is 1.07 bits per heavy atom. The minimum absolute atomic E-state index is 0.0593. The van der Waals surface area contributed by atoms with Crippen LogP contribution in [0.3, 0.4) is 0 Å². The quantitative estimate of drug-likeness (QED) is 0.549. The molecule has 1 heterocycles. The molecule has 0 atom stereocenters. The van der Waals surface area contributed by atoms with Gasteiger partial charge in [0.1, 0.15) is 6.61 Å². The van der Waals surface area contributed by atoms with E-state index in [1.54, 1.807) is 22.4 Å². The summed E-state index contributed by atoms with van der Waals surface area (Å²) >= 11 is 1.34. The Hall–Kier alpha value is -2.99. The van der Waals surface area contributed by atoms with Gasteiger partial charge in [-0.25, -0.2) is 9.78 Å². The lowest BCUT2D eigenvalue weighted by Gasteiger charge is -2.18. The SMILES string of the molecule is CCc1ccc(N(C(C)=O)c2nc(COC(=O)c3ccc(C)cc3)cs2)cc1. The normalized spacial score (nSPS) is 10.5. The molecule has 0 fully saturated rings. The number of amides is 1. The highest BCUT2D eigenvalue weighted by Crippen LogP contribution is 2.29. The van der Waals surface area contributed by atoms with Gasteiger partial charge in [0, 0.05) is 12.3 Å². The molecule has 144 valence electrons. The third-order valence-corrected chi connectivity index (χ3v) is 5.16. The average molecular weight is 394 g/mol. The number of hydrogen-bond acceptors (Lipinski definition) is 5. The molecule has 0 aliphatic rings. The molecular formula is C22H22N2O3S. The second kappa shape index (κ2) is 8.80. The number of benzene rings is 2. The molecule has 0 saturated heterocycles. The summed E-state index contributed by atoms with van der Waals surface area (Å²) in [6, 6.07) is 15.0. The summed E-state index contributed by atoms with van der Waals surface area (Å²) in [5.74, 6) is -0.519. The van der Waals surface area contributed by atoms with E-state index in [4.69, 9.17) is 4.74 Å². The zero-order chi connectivity index (χ0) is 20.1. The fourth-order valence-corrected chi connectivity index (χ4v) is 3.56. The monoisotopic (exact) mass is 394 g/mol. The maximum absolute atomic E-state index is 12.2. The Bertz CT molecular complexity index is 962. The Balaban J connectivity index is 1.71. The van der Waals surface area contributed by atoms with E-state index >= 15 is 0 Å². The second-order valence-electron chi connectivity index (χ2n) is 6.44. The Morgan fingerprint density at radius 2 is 1.75 bits per heavy atom. The van der Waals surface area contributed by atoms with Crippen molar-refractivity contribution in [3.05, 3.63) is 76.3 Å². The van der Waals surface area contributed by atoms with Crippen molar-refractivity contribution in [3.8, 4) is 0 Å². The van der Waals surface area contributed by atoms with Crippen LogP contribution in [0.2, 0.25) is 0 Å². The maximum Gasteiger partial charge on any atom is 0.338 e. The summed E-state index contributed by atoms with van der Waals surface area (Å²) < 4.78 is 5.35. The van der Waals surface area contributed by atoms with Crippen molar-refractivity contribution in [2.45, 2.75) is 33.8 Å². The van der Waals surface area contributed by atoms with Gasteiger partial charge in [0.15, 0.2) is 5.13 Å². The summed E-state index contributed by atoms with van der Waals surface area (Å²) in [5, 5.41) is 2.35. The predicted molar refractivity (Wildman–Crippen MR) is 111 cm³/mol. The maximum atomic E-state index is 12.2. The van der Waals surface area contributed by atoms with Gasteiger partial charge in [-0.05, 0) is 43.2 Å². The van der Waals surface area contributed by atoms with E-state index in [0.717, 1.165) is 17.7 Å². The van der Waals surface area contributed by atoms with Crippen LogP contribution < -0.4 is 4.90 Å². The Morgan fingerprint density at radius 3 is 2.36 bits per heavy atom. The molecule has 5 nitrogen and oxygen atoms in total. The number of thiazole rings is 1. The lowest BCUT2D eigenvalue weighted by Crippen LogP contribution is -2.22. The second-order valence-corrected chi connectivity index (χ2v) is 7.27. The van der Waals surface area contributed by atoms with Crippen LogP contribution in [-0.4, -0.2) is 16.9 Å². The molecule has 0 unspecified atom stereocenters. The van der Waals surface area contributed by atoms with Gasteiger partial charge in [-0.2, -0.15) is 0 Å². The van der Waals surface area contributed by atoms with Crippen LogP contribution in [0, 0.1) is 6.92 Å². The number of anilines is 2. The predicted octanol–water partition coefficient (Wildman–Crippen LogP) is 5.06. The minimum Gasteiger partial charge on any atom is -0.456 e. The zero-order valence-electron chi connectivity index (χ0n) is 16.1. The number of aryl methyl sites for hydroxylation is 2. The van der Waals surface area contributed by atoms with E-state index in [2.05, 4.69) is 11.9 Å². The fourth-order valence-electron chi connectivity index (χ4n) is 2.69. The molecule has 3 aromatic rings. The third-order valence-electron chi connectivity index (χ3n) is 4.29. The van der Waals surface area contributed by atoms with Gasteiger partial charge < -0.3 is 4.74 Å². The molecule has 6 heteroatoms. The van der Waals surface area contributed by atoms with E-state index in [-0.39, 0.29) is 12.5 Å². The minimum atomic E-state index is -0.395. The molecule has 0 saturated carbocycles. The molecule has 0 aliphatic carbocycles. The lowest BCUT2D eigenvalue weighted by atomic mass is 10.1. The number of carbonyl (C=O) groups excluding carboxylic acids is 2. The van der Waals surface area contributed by atoms with Crippen molar-refractivity contribution in [1.82, 2.24) is 4.98 Å². The van der Waals surface area contributed by atoms with Crippen molar-refractivity contribution in [2.75, 3.05) is 4.90 Å². The molecule has 1 aromatic heterocycles. The van der Waals surface area contributed by atoms with E-state index in [1.165, 1.54) is 23.8 Å². The Kier molecular flexibility index (Phi) is 6.21. The third kappa shape index (κ3) is 4.64. The first-order chi connectivity index (χ1) is 13.5. The fraction of sp³-hybridized carbons (Fsp3) is 0.227. The highest BCUT2D eigenvalue weighted by molar-refractivity contribution is 7.14. The highest BCUT2D eigenvalue weighted by atomic mass is 32.1. The van der Waals surface area contributed by atoms with Gasteiger partial charge in [0.05, 0.1) is 16.9 Å². The first-order valence-corrected chi connectivity index (χ1v) is 9.93. The first-order valence-electron chi connectivity index (χ1n) is 9.05. The van der Waals surface area contributed by atoms with Crippen LogP contribution in [0.1, 0.15) is 41.0 Å². The molecule has 0 bridgehead atoms. The van der Waals surface area contributed by atoms with Crippen molar-refractivity contribution < 1.29 is 14.3 Å². The summed E-state index contributed by atoms with van der Waals surface area (Å²) in [5.41, 5.74) is 4.16. The largest absolute Gasteiger partial charge is 0.456 e. The highest BCUT2D eigenvalue weighted by Gasteiger charge is 2.18. The van der Waals surface area contributed by atoms with Crippen LogP contribution in [-0.2, 0) is 22.6 Å². The van der Waals surface area contributed by atoms with E-state index in [0.29, 0.717) is 16.4 Å². The molecule has 0 spiro atoms. The number of rotatable bonds is 6. The van der Waals surface area contributed by atoms with Gasteiger partial charge in [-0.3, -0.25) is 9.69 Å². The van der Waals surface area contributed by atoms with Crippen molar-refractivity contribution in [1.29, 1.82) is 0 Å². The van der Waals surface area contributed by atoms with Crippen molar-refractivity contribution >= 4 is 34.0 Å². The number of ether oxygens (including phenoxy) is 1. The van der Waals surface area contributed by atoms with E-state index < -0.39 is 5.97 Å². The smallest absolute Gasteiger partial charge is 0.338 e. The van der Waals surface area contributed by atoms with Crippen LogP contribution in [0.5, 0.6) is 0 Å². The zero-order valence-corrected chi connectivity index (χ0v) is 17.0. The number of carbonyl (C=O) groups is 2. The van der Waals surface area contributed by atoms with Gasteiger partial charge in [0.2, 0.25) is 5.91 Å². The summed E-state index contributed by atoms with van der Waals surface area (Å²) in [6.07, 6.45) is 0.939.